The minimum absolute atomic E-state index is 0.495. The summed E-state index contributed by atoms with van der Waals surface area (Å²) >= 11 is 0. The summed E-state index contributed by atoms with van der Waals surface area (Å²) in [6.45, 7) is 6.72. The first-order valence-corrected chi connectivity index (χ1v) is 6.44. The zero-order valence-corrected chi connectivity index (χ0v) is 11.1. The number of nitrogens with zero attached hydrogens (tertiary/aromatic N) is 1. The molecule has 1 atom stereocenters. The number of rotatable bonds is 10. The Hall–Kier alpha value is -0.545. The van der Waals surface area contributed by atoms with Crippen LogP contribution in [0, 0.1) is 0 Å². The number of carboxylic acids is 1. The number of hydrogen-bond donors (Lipinski definition) is 2. The normalized spacial score (nSPS) is 14.8. The Kier molecular flexibility index (Phi) is 8.26. The van der Waals surface area contributed by atoms with Gasteiger partial charge in [-0.2, -0.15) is 0 Å². The third-order valence-corrected chi connectivity index (χ3v) is 3.27. The number of carboxylic acid groups (broad SMARTS) is 1. The third-order valence-electron chi connectivity index (χ3n) is 3.27. The lowest BCUT2D eigenvalue weighted by molar-refractivity contribution is -0.144. The van der Waals surface area contributed by atoms with Gasteiger partial charge < -0.3 is 15.7 Å². The molecule has 98 valence electrons. The van der Waals surface area contributed by atoms with Gasteiger partial charge in [0.05, 0.1) is 7.85 Å². The van der Waals surface area contributed by atoms with E-state index in [1.165, 1.54) is 0 Å². The SMILES string of the molecule is [B]CCCCC(N)(CCN(CC)CC)C(=O)O. The van der Waals surface area contributed by atoms with Crippen molar-refractivity contribution in [2.45, 2.75) is 51.4 Å². The molecule has 0 rings (SSSR count). The summed E-state index contributed by atoms with van der Waals surface area (Å²) in [5, 5.41) is 9.22. The summed E-state index contributed by atoms with van der Waals surface area (Å²) in [6.07, 6.45) is 3.19. The summed E-state index contributed by atoms with van der Waals surface area (Å²) in [7, 11) is 5.40. The van der Waals surface area contributed by atoms with Crippen LogP contribution in [0.5, 0.6) is 0 Å². The van der Waals surface area contributed by atoms with E-state index in [0.29, 0.717) is 19.2 Å². The van der Waals surface area contributed by atoms with Crippen molar-refractivity contribution < 1.29 is 9.90 Å². The summed E-state index contributed by atoms with van der Waals surface area (Å²) in [4.78, 5) is 13.4. The Bertz CT molecular complexity index is 223. The maximum Gasteiger partial charge on any atom is 0.323 e. The van der Waals surface area contributed by atoms with E-state index >= 15 is 0 Å². The standard InChI is InChI=1S/C12H25BN2O2/c1-3-15(4-2)10-8-12(14,11(16)17)7-5-6-9-13/h3-10,14H2,1-2H3,(H,16,17). The van der Waals surface area contributed by atoms with Crippen LogP contribution >= 0.6 is 0 Å². The summed E-state index contributed by atoms with van der Waals surface area (Å²) < 4.78 is 0. The molecule has 1 unspecified atom stereocenters. The topological polar surface area (TPSA) is 66.6 Å². The largest absolute Gasteiger partial charge is 0.480 e. The molecule has 0 aromatic rings. The minimum atomic E-state index is -1.10. The molecule has 4 nitrogen and oxygen atoms in total. The Morgan fingerprint density at radius 1 is 1.29 bits per heavy atom. The van der Waals surface area contributed by atoms with E-state index in [1.54, 1.807) is 0 Å². The van der Waals surface area contributed by atoms with Gasteiger partial charge in [0.2, 0.25) is 0 Å². The Morgan fingerprint density at radius 3 is 2.29 bits per heavy atom. The lowest BCUT2D eigenvalue weighted by Crippen LogP contribution is -2.50. The molecule has 3 N–H and O–H groups in total. The van der Waals surface area contributed by atoms with Gasteiger partial charge in [0.1, 0.15) is 5.54 Å². The van der Waals surface area contributed by atoms with Crippen molar-refractivity contribution in [2.24, 2.45) is 5.73 Å². The first-order chi connectivity index (χ1) is 8.00. The first-order valence-electron chi connectivity index (χ1n) is 6.44. The van der Waals surface area contributed by atoms with Gasteiger partial charge in [-0.15, -0.1) is 0 Å². The van der Waals surface area contributed by atoms with Gasteiger partial charge in [-0.05, 0) is 25.9 Å². The zero-order chi connectivity index (χ0) is 13.3. The van der Waals surface area contributed by atoms with Crippen molar-refractivity contribution in [2.75, 3.05) is 19.6 Å². The second-order valence-corrected chi connectivity index (χ2v) is 4.48. The van der Waals surface area contributed by atoms with E-state index in [4.69, 9.17) is 13.6 Å². The van der Waals surface area contributed by atoms with Crippen LogP contribution < -0.4 is 5.73 Å². The molecule has 5 heteroatoms. The molecule has 0 aliphatic heterocycles. The lowest BCUT2D eigenvalue weighted by atomic mass is 9.88. The Morgan fingerprint density at radius 2 is 1.88 bits per heavy atom. The highest BCUT2D eigenvalue weighted by atomic mass is 16.4. The average molecular weight is 240 g/mol. The van der Waals surface area contributed by atoms with E-state index in [0.717, 1.165) is 32.5 Å². The molecule has 17 heavy (non-hydrogen) atoms. The van der Waals surface area contributed by atoms with E-state index in [9.17, 15) is 9.90 Å². The predicted octanol–water partition coefficient (Wildman–Crippen LogP) is 1.26. The number of hydrogen-bond acceptors (Lipinski definition) is 3. The van der Waals surface area contributed by atoms with Crippen LogP contribution in [-0.4, -0.2) is 49.0 Å². The molecule has 0 fully saturated rings. The van der Waals surface area contributed by atoms with Crippen LogP contribution in [0.15, 0.2) is 0 Å². The van der Waals surface area contributed by atoms with Crippen molar-refractivity contribution >= 4 is 13.8 Å². The van der Waals surface area contributed by atoms with E-state index in [2.05, 4.69) is 18.7 Å². The van der Waals surface area contributed by atoms with Crippen molar-refractivity contribution in [3.8, 4) is 0 Å². The molecule has 2 radical (unpaired) electrons. The van der Waals surface area contributed by atoms with Crippen molar-refractivity contribution in [1.82, 2.24) is 4.90 Å². The van der Waals surface area contributed by atoms with Crippen LogP contribution in [0.1, 0.15) is 39.5 Å². The fourth-order valence-corrected chi connectivity index (χ4v) is 1.82. The van der Waals surface area contributed by atoms with Crippen LogP contribution in [0.25, 0.3) is 0 Å². The van der Waals surface area contributed by atoms with Crippen molar-refractivity contribution in [3.05, 3.63) is 0 Å². The Labute approximate surface area is 106 Å². The summed E-state index contributed by atoms with van der Waals surface area (Å²) in [6, 6.07) is 0. The van der Waals surface area contributed by atoms with Gasteiger partial charge in [-0.3, -0.25) is 4.79 Å². The smallest absolute Gasteiger partial charge is 0.323 e. The molecular weight excluding hydrogens is 215 g/mol. The van der Waals surface area contributed by atoms with Gasteiger partial charge in [-0.25, -0.2) is 0 Å². The monoisotopic (exact) mass is 240 g/mol. The fraction of sp³-hybridized carbons (Fsp3) is 0.917. The predicted molar refractivity (Wildman–Crippen MR) is 71.4 cm³/mol. The third kappa shape index (κ3) is 6.08. The molecule has 0 heterocycles. The average Bonchev–Trinajstić information content (AvgIpc) is 2.30. The van der Waals surface area contributed by atoms with Crippen LogP contribution in [-0.2, 0) is 4.79 Å². The maximum atomic E-state index is 11.2. The van der Waals surface area contributed by atoms with Gasteiger partial charge in [0.25, 0.3) is 0 Å². The molecular formula is C12H25BN2O2. The van der Waals surface area contributed by atoms with Gasteiger partial charge in [-0.1, -0.05) is 33.0 Å². The number of carbonyl (C=O) groups is 1. The van der Waals surface area contributed by atoms with Gasteiger partial charge in [0, 0.05) is 6.54 Å². The molecule has 0 spiro atoms. The van der Waals surface area contributed by atoms with Gasteiger partial charge >= 0.3 is 5.97 Å². The fourth-order valence-electron chi connectivity index (χ4n) is 1.82. The molecule has 0 saturated carbocycles. The van der Waals surface area contributed by atoms with E-state index in [-0.39, 0.29) is 0 Å². The van der Waals surface area contributed by atoms with Crippen molar-refractivity contribution in [3.63, 3.8) is 0 Å². The highest BCUT2D eigenvalue weighted by molar-refractivity contribution is 6.08. The van der Waals surface area contributed by atoms with Crippen LogP contribution in [0.3, 0.4) is 0 Å². The first kappa shape index (κ1) is 16.5. The number of unbranched alkanes of at least 4 members (excludes halogenated alkanes) is 1. The highest BCUT2D eigenvalue weighted by Gasteiger charge is 2.33. The van der Waals surface area contributed by atoms with Crippen LogP contribution in [0.2, 0.25) is 6.32 Å². The second kappa shape index (κ2) is 8.53. The highest BCUT2D eigenvalue weighted by Crippen LogP contribution is 2.17. The maximum absolute atomic E-state index is 11.2. The quantitative estimate of drug-likeness (QED) is 0.445. The van der Waals surface area contributed by atoms with Crippen molar-refractivity contribution in [1.29, 1.82) is 0 Å². The molecule has 0 amide bonds. The zero-order valence-electron chi connectivity index (χ0n) is 11.1. The number of aliphatic carboxylic acids is 1. The summed E-state index contributed by atoms with van der Waals surface area (Å²) in [5.74, 6) is -0.901. The van der Waals surface area contributed by atoms with Crippen LogP contribution in [0.4, 0.5) is 0 Å². The van der Waals surface area contributed by atoms with E-state index in [1.807, 2.05) is 0 Å². The van der Waals surface area contributed by atoms with E-state index < -0.39 is 11.5 Å². The molecule has 0 bridgehead atoms. The number of nitrogens with two attached hydrogens (primary N) is 1. The molecule has 0 aromatic carbocycles. The molecule has 0 aliphatic rings. The molecule has 0 saturated heterocycles. The summed E-state index contributed by atoms with van der Waals surface area (Å²) in [5.41, 5.74) is 4.87. The molecule has 0 aromatic heterocycles. The van der Waals surface area contributed by atoms with Gasteiger partial charge in [0.15, 0.2) is 0 Å². The Balaban J connectivity index is 4.25. The second-order valence-electron chi connectivity index (χ2n) is 4.48. The molecule has 0 aliphatic carbocycles. The minimum Gasteiger partial charge on any atom is -0.480 e. The lowest BCUT2D eigenvalue weighted by Gasteiger charge is -2.28.